The predicted octanol–water partition coefficient (Wildman–Crippen LogP) is 3.32. The van der Waals surface area contributed by atoms with Gasteiger partial charge in [0.15, 0.2) is 0 Å². The van der Waals surface area contributed by atoms with Crippen molar-refractivity contribution in [3.63, 3.8) is 0 Å². The van der Waals surface area contributed by atoms with Crippen LogP contribution in [0.3, 0.4) is 0 Å². The molecular weight excluding hydrogens is 496 g/mol. The lowest BCUT2D eigenvalue weighted by molar-refractivity contribution is 0.139. The highest BCUT2D eigenvalue weighted by molar-refractivity contribution is 7.92. The van der Waals surface area contributed by atoms with E-state index in [0.717, 1.165) is 12.1 Å². The smallest absolute Gasteiger partial charge is 0.321 e. The third kappa shape index (κ3) is 4.99. The van der Waals surface area contributed by atoms with Crippen LogP contribution in [0.1, 0.15) is 18.0 Å². The van der Waals surface area contributed by atoms with Crippen molar-refractivity contribution >= 4 is 27.4 Å². The number of aromatic nitrogens is 1. The number of methoxy groups -OCH3 is 2. The quantitative estimate of drug-likeness (QED) is 0.511. The van der Waals surface area contributed by atoms with E-state index in [9.17, 15) is 18.0 Å². The fourth-order valence-electron chi connectivity index (χ4n) is 5.07. The summed E-state index contributed by atoms with van der Waals surface area (Å²) in [4.78, 5) is 28.2. The van der Waals surface area contributed by atoms with E-state index in [0.29, 0.717) is 36.8 Å². The molecule has 0 unspecified atom stereocenters. The topological polar surface area (TPSA) is 119 Å². The highest BCUT2D eigenvalue weighted by atomic mass is 32.2. The molecule has 5 rings (SSSR count). The Morgan fingerprint density at radius 1 is 0.946 bits per heavy atom. The third-order valence-electron chi connectivity index (χ3n) is 6.79. The summed E-state index contributed by atoms with van der Waals surface area (Å²) >= 11 is 0. The largest absolute Gasteiger partial charge is 0.497 e. The Bertz CT molecular complexity index is 1470. The standard InChI is InChI=1S/C26H28N4O6S/c1-35-20-11-19(12-21(13-20)36-2)27-26(32)29-14-17-10-18(16-29)24-9-8-23(25(31)30(24)15-17)28-37(33,34)22-6-4-3-5-7-22/h3-9,11-13,17-18,28H,10,14-16H2,1-2H3,(H,27,32)/t17-,18+/m0/s1. The molecule has 0 saturated carbocycles. The van der Waals surface area contributed by atoms with Gasteiger partial charge in [0.2, 0.25) is 0 Å². The summed E-state index contributed by atoms with van der Waals surface area (Å²) in [6.07, 6.45) is 0.852. The number of hydrogen-bond acceptors (Lipinski definition) is 6. The molecular formula is C26H28N4O6S. The molecule has 2 N–H and O–H groups in total. The number of piperidine rings is 1. The van der Waals surface area contributed by atoms with E-state index in [-0.39, 0.29) is 34.0 Å². The van der Waals surface area contributed by atoms with Crippen LogP contribution in [-0.2, 0) is 16.6 Å². The Balaban J connectivity index is 1.34. The zero-order valence-corrected chi connectivity index (χ0v) is 21.3. The Hall–Kier alpha value is -3.99. The fourth-order valence-corrected chi connectivity index (χ4v) is 6.15. The Morgan fingerprint density at radius 3 is 2.32 bits per heavy atom. The first-order valence-electron chi connectivity index (χ1n) is 11.9. The lowest BCUT2D eigenvalue weighted by Crippen LogP contribution is -2.50. The first-order chi connectivity index (χ1) is 17.8. The van der Waals surface area contributed by atoms with Crippen molar-refractivity contribution in [2.75, 3.05) is 37.3 Å². The number of fused-ring (bicyclic) bond motifs is 4. The molecule has 10 nitrogen and oxygen atoms in total. The minimum atomic E-state index is -3.88. The van der Waals surface area contributed by atoms with Crippen molar-refractivity contribution in [1.29, 1.82) is 0 Å². The highest BCUT2D eigenvalue weighted by Gasteiger charge is 2.37. The van der Waals surface area contributed by atoms with E-state index in [4.69, 9.17) is 9.47 Å². The molecule has 2 aliphatic rings. The van der Waals surface area contributed by atoms with Crippen LogP contribution in [0, 0.1) is 5.92 Å². The molecule has 2 atom stereocenters. The van der Waals surface area contributed by atoms with Crippen LogP contribution in [0.4, 0.5) is 16.2 Å². The molecule has 37 heavy (non-hydrogen) atoms. The van der Waals surface area contributed by atoms with E-state index in [2.05, 4.69) is 10.0 Å². The van der Waals surface area contributed by atoms with Gasteiger partial charge < -0.3 is 24.3 Å². The van der Waals surface area contributed by atoms with Gasteiger partial charge in [-0.3, -0.25) is 9.52 Å². The van der Waals surface area contributed by atoms with E-state index < -0.39 is 10.0 Å². The molecule has 11 heteroatoms. The number of nitrogens with zero attached hydrogens (tertiary/aromatic N) is 2. The minimum Gasteiger partial charge on any atom is -0.497 e. The van der Waals surface area contributed by atoms with Crippen LogP contribution in [0.15, 0.2) is 70.4 Å². The summed E-state index contributed by atoms with van der Waals surface area (Å²) in [6.45, 7) is 1.33. The monoisotopic (exact) mass is 524 g/mol. The van der Waals surface area contributed by atoms with Crippen LogP contribution >= 0.6 is 0 Å². The van der Waals surface area contributed by atoms with Gasteiger partial charge in [-0.2, -0.15) is 0 Å². The van der Waals surface area contributed by atoms with Crippen molar-refractivity contribution in [2.24, 2.45) is 5.92 Å². The van der Waals surface area contributed by atoms with Crippen molar-refractivity contribution in [3.05, 3.63) is 76.7 Å². The Kier molecular flexibility index (Phi) is 6.55. The fraction of sp³-hybridized carbons (Fsp3) is 0.308. The van der Waals surface area contributed by atoms with Crippen LogP contribution in [0.5, 0.6) is 11.5 Å². The molecule has 3 heterocycles. The maximum atomic E-state index is 13.3. The average molecular weight is 525 g/mol. The summed E-state index contributed by atoms with van der Waals surface area (Å²) in [5.74, 6) is 1.16. The van der Waals surface area contributed by atoms with Crippen LogP contribution in [0.2, 0.25) is 0 Å². The number of amides is 2. The number of anilines is 2. The molecule has 194 valence electrons. The Labute approximate surface area is 214 Å². The van der Waals surface area contributed by atoms with E-state index in [1.165, 1.54) is 18.2 Å². The van der Waals surface area contributed by atoms with Gasteiger partial charge in [-0.15, -0.1) is 0 Å². The predicted molar refractivity (Wildman–Crippen MR) is 139 cm³/mol. The van der Waals surface area contributed by atoms with Gasteiger partial charge in [-0.25, -0.2) is 13.2 Å². The van der Waals surface area contributed by atoms with Gasteiger partial charge in [-0.1, -0.05) is 18.2 Å². The highest BCUT2D eigenvalue weighted by Crippen LogP contribution is 2.36. The van der Waals surface area contributed by atoms with Crippen molar-refractivity contribution in [2.45, 2.75) is 23.8 Å². The lowest BCUT2D eigenvalue weighted by atomic mass is 9.83. The Morgan fingerprint density at radius 2 is 1.65 bits per heavy atom. The van der Waals surface area contributed by atoms with E-state index in [1.54, 1.807) is 66.2 Å². The van der Waals surface area contributed by atoms with Gasteiger partial charge in [0, 0.05) is 55.1 Å². The second-order valence-electron chi connectivity index (χ2n) is 9.24. The molecule has 3 aromatic rings. The summed E-state index contributed by atoms with van der Waals surface area (Å²) < 4.78 is 40.1. The van der Waals surface area contributed by atoms with Crippen molar-refractivity contribution in [1.82, 2.24) is 9.47 Å². The first kappa shape index (κ1) is 24.7. The molecule has 1 aromatic heterocycles. The lowest BCUT2D eigenvalue weighted by Gasteiger charge is -2.42. The van der Waals surface area contributed by atoms with Gasteiger partial charge >= 0.3 is 6.03 Å². The number of rotatable bonds is 6. The first-order valence-corrected chi connectivity index (χ1v) is 13.4. The molecule has 2 amide bonds. The molecule has 2 bridgehead atoms. The normalized spacial score (nSPS) is 18.5. The summed E-state index contributed by atoms with van der Waals surface area (Å²) in [5.41, 5.74) is 0.982. The molecule has 1 fully saturated rings. The number of benzene rings is 2. The number of urea groups is 1. The number of nitrogens with one attached hydrogen (secondary N) is 2. The summed E-state index contributed by atoms with van der Waals surface area (Å²) in [5, 5.41) is 2.92. The second-order valence-corrected chi connectivity index (χ2v) is 10.9. The van der Waals surface area contributed by atoms with Gasteiger partial charge in [0.25, 0.3) is 15.6 Å². The van der Waals surface area contributed by atoms with E-state index >= 15 is 0 Å². The minimum absolute atomic E-state index is 0.00847. The number of sulfonamides is 1. The number of ether oxygens (including phenoxy) is 2. The van der Waals surface area contributed by atoms with Gasteiger partial charge in [0.05, 0.1) is 19.1 Å². The molecule has 2 aliphatic heterocycles. The maximum Gasteiger partial charge on any atom is 0.321 e. The van der Waals surface area contributed by atoms with Gasteiger partial charge in [-0.05, 0) is 36.6 Å². The van der Waals surface area contributed by atoms with Crippen LogP contribution in [0.25, 0.3) is 0 Å². The average Bonchev–Trinajstić information content (AvgIpc) is 2.90. The number of carbonyl (C=O) groups excluding carboxylic acids is 1. The molecule has 2 aromatic carbocycles. The van der Waals surface area contributed by atoms with Crippen molar-refractivity contribution in [3.8, 4) is 11.5 Å². The molecule has 0 radical (unpaired) electrons. The number of carbonyl (C=O) groups is 1. The number of likely N-dealkylation sites (tertiary alicyclic amines) is 1. The molecule has 0 aliphatic carbocycles. The van der Waals surface area contributed by atoms with E-state index in [1.807, 2.05) is 0 Å². The summed E-state index contributed by atoms with van der Waals surface area (Å²) in [7, 11) is -0.793. The summed E-state index contributed by atoms with van der Waals surface area (Å²) in [6, 6.07) is 16.1. The third-order valence-corrected chi connectivity index (χ3v) is 8.17. The zero-order chi connectivity index (χ0) is 26.2. The number of hydrogen-bond donors (Lipinski definition) is 2. The second kappa shape index (κ2) is 9.81. The molecule has 0 spiro atoms. The molecule has 1 saturated heterocycles. The van der Waals surface area contributed by atoms with Crippen LogP contribution in [-0.4, -0.2) is 51.2 Å². The zero-order valence-electron chi connectivity index (χ0n) is 20.5. The SMILES string of the molecule is COc1cc(NC(=O)N2C[C@@H]3C[C@H](C2)c2ccc(NS(=O)(=O)c4ccccc4)c(=O)n2C3)cc(OC)c1. The number of pyridine rings is 1. The van der Waals surface area contributed by atoms with Crippen LogP contribution < -0.4 is 25.1 Å². The van der Waals surface area contributed by atoms with Crippen molar-refractivity contribution < 1.29 is 22.7 Å². The maximum absolute atomic E-state index is 13.3. The van der Waals surface area contributed by atoms with Gasteiger partial charge in [0.1, 0.15) is 17.2 Å².